The summed E-state index contributed by atoms with van der Waals surface area (Å²) < 4.78 is 0. The number of rotatable bonds is 7. The van der Waals surface area contributed by atoms with E-state index in [1.54, 1.807) is 11.3 Å². The molecular weight excluding hydrogens is 308 g/mol. The van der Waals surface area contributed by atoms with Gasteiger partial charge in [-0.2, -0.15) is 0 Å². The predicted molar refractivity (Wildman–Crippen MR) is 82.9 cm³/mol. The molecule has 7 heteroatoms. The number of thiophene rings is 1. The van der Waals surface area contributed by atoms with Gasteiger partial charge in [-0.3, -0.25) is 4.79 Å². The van der Waals surface area contributed by atoms with E-state index in [9.17, 15) is 9.59 Å². The van der Waals surface area contributed by atoms with Crippen LogP contribution in [0.2, 0.25) is 0 Å². The first-order chi connectivity index (χ1) is 10.1. The zero-order valence-corrected chi connectivity index (χ0v) is 13.2. The van der Waals surface area contributed by atoms with E-state index >= 15 is 0 Å². The highest BCUT2D eigenvalue weighted by Crippen LogP contribution is 2.18. The lowest BCUT2D eigenvalue weighted by Crippen LogP contribution is -2.26. The first-order valence-corrected chi connectivity index (χ1v) is 8.32. The Bertz CT molecular complexity index is 608. The molecule has 0 aliphatic heterocycles. The monoisotopic (exact) mass is 324 g/mol. The third kappa shape index (κ3) is 4.64. The molecule has 1 atom stereocenters. The summed E-state index contributed by atoms with van der Waals surface area (Å²) in [7, 11) is 0. The van der Waals surface area contributed by atoms with Crippen molar-refractivity contribution in [3.63, 3.8) is 0 Å². The van der Waals surface area contributed by atoms with Gasteiger partial charge >= 0.3 is 5.97 Å². The fraction of sp³-hybridized carbons (Fsp3) is 0.357. The average Bonchev–Trinajstić information content (AvgIpc) is 3.09. The number of carboxylic acids is 1. The van der Waals surface area contributed by atoms with Crippen molar-refractivity contribution in [2.24, 2.45) is 0 Å². The SMILES string of the molecule is CC(NC(=O)CCCc1cccs1)c1nc(C(=O)O)cs1. The lowest BCUT2D eigenvalue weighted by Gasteiger charge is -2.10. The summed E-state index contributed by atoms with van der Waals surface area (Å²) in [6.07, 6.45) is 2.16. The molecule has 2 aromatic rings. The third-order valence-corrected chi connectivity index (χ3v) is 4.86. The summed E-state index contributed by atoms with van der Waals surface area (Å²) in [6, 6.07) is 3.80. The Morgan fingerprint density at radius 3 is 2.86 bits per heavy atom. The van der Waals surface area contributed by atoms with Gasteiger partial charge in [0.25, 0.3) is 0 Å². The number of hydrogen-bond acceptors (Lipinski definition) is 5. The number of nitrogens with zero attached hydrogens (tertiary/aromatic N) is 1. The molecule has 2 N–H and O–H groups in total. The van der Waals surface area contributed by atoms with Crippen LogP contribution in [0, 0.1) is 0 Å². The van der Waals surface area contributed by atoms with Gasteiger partial charge < -0.3 is 10.4 Å². The van der Waals surface area contributed by atoms with Crippen molar-refractivity contribution in [3.8, 4) is 0 Å². The maximum absolute atomic E-state index is 11.8. The Labute approximate surface area is 130 Å². The quantitative estimate of drug-likeness (QED) is 0.820. The highest BCUT2D eigenvalue weighted by molar-refractivity contribution is 7.10. The van der Waals surface area contributed by atoms with Crippen LogP contribution in [-0.4, -0.2) is 22.0 Å². The van der Waals surface area contributed by atoms with E-state index in [-0.39, 0.29) is 17.6 Å². The number of nitrogens with one attached hydrogen (secondary N) is 1. The van der Waals surface area contributed by atoms with Gasteiger partial charge in [0, 0.05) is 16.7 Å². The van der Waals surface area contributed by atoms with Gasteiger partial charge in [0.15, 0.2) is 5.69 Å². The molecule has 0 spiro atoms. The van der Waals surface area contributed by atoms with E-state index in [2.05, 4.69) is 16.4 Å². The van der Waals surface area contributed by atoms with E-state index in [1.807, 2.05) is 18.4 Å². The van der Waals surface area contributed by atoms with Crippen molar-refractivity contribution in [2.45, 2.75) is 32.2 Å². The van der Waals surface area contributed by atoms with Crippen LogP contribution in [0.25, 0.3) is 0 Å². The third-order valence-electron chi connectivity index (χ3n) is 2.90. The molecule has 2 heterocycles. The Morgan fingerprint density at radius 1 is 1.43 bits per heavy atom. The summed E-state index contributed by atoms with van der Waals surface area (Å²) in [5.41, 5.74) is 0.0220. The predicted octanol–water partition coefficient (Wildman–Crippen LogP) is 3.10. The summed E-state index contributed by atoms with van der Waals surface area (Å²) in [4.78, 5) is 27.9. The van der Waals surface area contributed by atoms with E-state index in [0.717, 1.165) is 12.8 Å². The minimum atomic E-state index is -1.05. The number of aromatic nitrogens is 1. The van der Waals surface area contributed by atoms with E-state index in [1.165, 1.54) is 21.6 Å². The van der Waals surface area contributed by atoms with Crippen LogP contribution in [0.4, 0.5) is 0 Å². The molecule has 5 nitrogen and oxygen atoms in total. The van der Waals surface area contributed by atoms with Crippen molar-refractivity contribution >= 4 is 34.6 Å². The summed E-state index contributed by atoms with van der Waals surface area (Å²) in [6.45, 7) is 1.81. The Hall–Kier alpha value is -1.73. The molecule has 2 rings (SSSR count). The Morgan fingerprint density at radius 2 is 2.24 bits per heavy atom. The smallest absolute Gasteiger partial charge is 0.355 e. The normalized spacial score (nSPS) is 12.0. The fourth-order valence-corrected chi connectivity index (χ4v) is 3.39. The molecule has 1 unspecified atom stereocenters. The first kappa shape index (κ1) is 15.7. The van der Waals surface area contributed by atoms with Crippen LogP contribution >= 0.6 is 22.7 Å². The maximum atomic E-state index is 11.8. The molecule has 0 aliphatic rings. The lowest BCUT2D eigenvalue weighted by molar-refractivity contribution is -0.121. The maximum Gasteiger partial charge on any atom is 0.355 e. The molecule has 112 valence electrons. The van der Waals surface area contributed by atoms with Gasteiger partial charge in [0.05, 0.1) is 6.04 Å². The zero-order chi connectivity index (χ0) is 15.2. The number of carboxylic acid groups (broad SMARTS) is 1. The molecule has 0 saturated carbocycles. The number of carbonyl (C=O) groups excluding carboxylic acids is 1. The van der Waals surface area contributed by atoms with Gasteiger partial charge in [0.2, 0.25) is 5.91 Å². The molecule has 0 aliphatic carbocycles. The second-order valence-corrected chi connectivity index (χ2v) is 6.52. The molecule has 21 heavy (non-hydrogen) atoms. The second kappa shape index (κ2) is 7.33. The molecule has 0 radical (unpaired) electrons. The number of aromatic carboxylic acids is 1. The van der Waals surface area contributed by atoms with E-state index in [0.29, 0.717) is 11.4 Å². The van der Waals surface area contributed by atoms with Crippen LogP contribution in [0.1, 0.15) is 46.2 Å². The number of carbonyl (C=O) groups is 2. The molecule has 2 aromatic heterocycles. The van der Waals surface area contributed by atoms with Gasteiger partial charge in [0.1, 0.15) is 5.01 Å². The summed E-state index contributed by atoms with van der Waals surface area (Å²) in [5.74, 6) is -1.09. The van der Waals surface area contributed by atoms with Crippen LogP contribution in [0.3, 0.4) is 0 Å². The largest absolute Gasteiger partial charge is 0.476 e. The van der Waals surface area contributed by atoms with Crippen molar-refractivity contribution in [1.82, 2.24) is 10.3 Å². The Balaban J connectivity index is 1.77. The molecule has 0 fully saturated rings. The van der Waals surface area contributed by atoms with E-state index in [4.69, 9.17) is 5.11 Å². The fourth-order valence-electron chi connectivity index (χ4n) is 1.84. The minimum Gasteiger partial charge on any atom is -0.476 e. The molecular formula is C14H16N2O3S2. The van der Waals surface area contributed by atoms with Crippen molar-refractivity contribution in [2.75, 3.05) is 0 Å². The van der Waals surface area contributed by atoms with Crippen LogP contribution in [0.15, 0.2) is 22.9 Å². The topological polar surface area (TPSA) is 79.3 Å². The van der Waals surface area contributed by atoms with Crippen molar-refractivity contribution in [3.05, 3.63) is 38.5 Å². The molecule has 0 bridgehead atoms. The second-order valence-electron chi connectivity index (χ2n) is 4.60. The van der Waals surface area contributed by atoms with Gasteiger partial charge in [-0.1, -0.05) is 6.07 Å². The first-order valence-electron chi connectivity index (χ1n) is 6.56. The molecule has 0 saturated heterocycles. The summed E-state index contributed by atoms with van der Waals surface area (Å²) in [5, 5.41) is 15.8. The van der Waals surface area contributed by atoms with Crippen LogP contribution in [0.5, 0.6) is 0 Å². The zero-order valence-electron chi connectivity index (χ0n) is 11.5. The van der Waals surface area contributed by atoms with Gasteiger partial charge in [-0.05, 0) is 31.2 Å². The number of hydrogen-bond donors (Lipinski definition) is 2. The number of aryl methyl sites for hydroxylation is 1. The molecule has 1 amide bonds. The Kier molecular flexibility index (Phi) is 5.46. The number of thiazole rings is 1. The van der Waals surface area contributed by atoms with Crippen LogP contribution in [-0.2, 0) is 11.2 Å². The van der Waals surface area contributed by atoms with Crippen molar-refractivity contribution < 1.29 is 14.7 Å². The lowest BCUT2D eigenvalue weighted by atomic mass is 10.2. The standard InChI is InChI=1S/C14H16N2O3S2/c1-9(13-16-11(8-21-13)14(18)19)15-12(17)6-2-4-10-5-3-7-20-10/h3,5,7-9H,2,4,6H2,1H3,(H,15,17)(H,18,19). The highest BCUT2D eigenvalue weighted by atomic mass is 32.1. The number of amides is 1. The highest BCUT2D eigenvalue weighted by Gasteiger charge is 2.15. The average molecular weight is 324 g/mol. The van der Waals surface area contributed by atoms with Gasteiger partial charge in [-0.15, -0.1) is 22.7 Å². The minimum absolute atomic E-state index is 0.0220. The molecule has 0 aromatic carbocycles. The summed E-state index contributed by atoms with van der Waals surface area (Å²) >= 11 is 2.94. The van der Waals surface area contributed by atoms with Crippen LogP contribution < -0.4 is 5.32 Å². The van der Waals surface area contributed by atoms with Gasteiger partial charge in [-0.25, -0.2) is 9.78 Å². The van der Waals surface area contributed by atoms with Crippen molar-refractivity contribution in [1.29, 1.82) is 0 Å². The van der Waals surface area contributed by atoms with E-state index < -0.39 is 5.97 Å².